The van der Waals surface area contributed by atoms with Gasteiger partial charge in [-0.25, -0.2) is 4.98 Å². The first-order chi connectivity index (χ1) is 8.95. The molecule has 7 heteroatoms. The molecular weight excluding hydrogens is 248 g/mol. The molecule has 0 saturated heterocycles. The fourth-order valence-corrected chi connectivity index (χ4v) is 1.41. The van der Waals surface area contributed by atoms with E-state index in [-0.39, 0.29) is 17.3 Å². The molecule has 0 bridgehead atoms. The minimum Gasteiger partial charge on any atom is -0.472 e. The summed E-state index contributed by atoms with van der Waals surface area (Å²) in [7, 11) is 0. The van der Waals surface area contributed by atoms with Gasteiger partial charge in [-0.3, -0.25) is 10.1 Å². The first-order valence-electron chi connectivity index (χ1n) is 5.99. The molecule has 0 unspecified atom stereocenters. The topological polar surface area (TPSA) is 90.2 Å². The van der Waals surface area contributed by atoms with Crippen molar-refractivity contribution >= 4 is 11.6 Å². The van der Waals surface area contributed by atoms with Crippen molar-refractivity contribution in [3.8, 4) is 5.88 Å². The van der Waals surface area contributed by atoms with Gasteiger partial charge < -0.3 is 10.1 Å². The lowest BCUT2D eigenvalue weighted by atomic mass is 10.3. The van der Waals surface area contributed by atoms with E-state index in [1.165, 1.54) is 0 Å². The van der Waals surface area contributed by atoms with Gasteiger partial charge in [-0.2, -0.15) is 4.98 Å². The minimum atomic E-state index is -0.527. The van der Waals surface area contributed by atoms with Gasteiger partial charge in [0.2, 0.25) is 5.95 Å². The van der Waals surface area contributed by atoms with Crippen molar-refractivity contribution in [2.24, 2.45) is 0 Å². The van der Waals surface area contributed by atoms with E-state index >= 15 is 0 Å². The van der Waals surface area contributed by atoms with Crippen LogP contribution in [-0.4, -0.2) is 28.0 Å². The van der Waals surface area contributed by atoms with Gasteiger partial charge in [-0.15, -0.1) is 6.58 Å². The third kappa shape index (κ3) is 4.20. The zero-order valence-electron chi connectivity index (χ0n) is 11.4. The second-order valence-corrected chi connectivity index (χ2v) is 4.13. The number of aromatic nitrogens is 2. The summed E-state index contributed by atoms with van der Waals surface area (Å²) in [6, 6.07) is 0. The van der Waals surface area contributed by atoms with Gasteiger partial charge in [0.1, 0.15) is 5.69 Å². The Morgan fingerprint density at radius 1 is 1.53 bits per heavy atom. The van der Waals surface area contributed by atoms with Crippen LogP contribution in [0.1, 0.15) is 26.0 Å². The summed E-state index contributed by atoms with van der Waals surface area (Å²) in [6.45, 7) is 10.0. The SMILES string of the molecule is C=C(C)CCOc1nc(NCC)nc(C)c1[N+](=O)[O-]. The average molecular weight is 266 g/mol. The molecule has 0 aliphatic heterocycles. The largest absolute Gasteiger partial charge is 0.472 e. The second kappa shape index (κ2) is 6.67. The summed E-state index contributed by atoms with van der Waals surface area (Å²) in [5, 5.41) is 13.9. The molecule has 1 aromatic rings. The Labute approximate surface area is 111 Å². The fourth-order valence-electron chi connectivity index (χ4n) is 1.41. The van der Waals surface area contributed by atoms with E-state index in [1.807, 2.05) is 13.8 Å². The molecule has 0 spiro atoms. The van der Waals surface area contributed by atoms with Crippen LogP contribution in [0, 0.1) is 17.0 Å². The molecular formula is C12H18N4O3. The van der Waals surface area contributed by atoms with Gasteiger partial charge in [-0.05, 0) is 20.8 Å². The Balaban J connectivity index is 3.02. The van der Waals surface area contributed by atoms with Crippen LogP contribution in [0.3, 0.4) is 0 Å². The van der Waals surface area contributed by atoms with Crippen LogP contribution < -0.4 is 10.1 Å². The van der Waals surface area contributed by atoms with E-state index in [4.69, 9.17) is 4.74 Å². The number of nitrogens with one attached hydrogen (secondary N) is 1. The molecule has 1 rings (SSSR count). The van der Waals surface area contributed by atoms with E-state index < -0.39 is 4.92 Å². The van der Waals surface area contributed by atoms with E-state index in [2.05, 4.69) is 21.9 Å². The standard InChI is InChI=1S/C12H18N4O3/c1-5-13-12-14-9(4)10(16(17)18)11(15-12)19-7-6-8(2)3/h2,5-7H2,1,3-4H3,(H,13,14,15). The van der Waals surface area contributed by atoms with Crippen molar-refractivity contribution in [3.63, 3.8) is 0 Å². The highest BCUT2D eigenvalue weighted by Gasteiger charge is 2.23. The Morgan fingerprint density at radius 2 is 2.21 bits per heavy atom. The maximum absolute atomic E-state index is 11.0. The maximum atomic E-state index is 11.0. The third-order valence-corrected chi connectivity index (χ3v) is 2.31. The van der Waals surface area contributed by atoms with Crippen molar-refractivity contribution in [1.29, 1.82) is 0 Å². The highest BCUT2D eigenvalue weighted by Crippen LogP contribution is 2.28. The number of rotatable bonds is 7. The Bertz CT molecular complexity index is 488. The minimum absolute atomic E-state index is 0.00491. The molecule has 1 heterocycles. The van der Waals surface area contributed by atoms with Crippen molar-refractivity contribution in [3.05, 3.63) is 28.0 Å². The number of anilines is 1. The number of nitrogens with zero attached hydrogens (tertiary/aromatic N) is 3. The van der Waals surface area contributed by atoms with Crippen LogP contribution in [0.15, 0.2) is 12.2 Å². The van der Waals surface area contributed by atoms with Crippen molar-refractivity contribution in [1.82, 2.24) is 9.97 Å². The molecule has 0 aromatic carbocycles. The summed E-state index contributed by atoms with van der Waals surface area (Å²) in [5.41, 5.74) is 1.03. The Morgan fingerprint density at radius 3 is 2.74 bits per heavy atom. The van der Waals surface area contributed by atoms with Gasteiger partial charge in [0.05, 0.1) is 11.5 Å². The average Bonchev–Trinajstić information content (AvgIpc) is 2.27. The van der Waals surface area contributed by atoms with Crippen LogP contribution >= 0.6 is 0 Å². The molecule has 1 aromatic heterocycles. The zero-order chi connectivity index (χ0) is 14.4. The first kappa shape index (κ1) is 14.9. The van der Waals surface area contributed by atoms with Crippen LogP contribution in [0.25, 0.3) is 0 Å². The van der Waals surface area contributed by atoms with Crippen LogP contribution in [0.4, 0.5) is 11.6 Å². The zero-order valence-corrected chi connectivity index (χ0v) is 11.4. The van der Waals surface area contributed by atoms with E-state index in [0.717, 1.165) is 5.57 Å². The fraction of sp³-hybridized carbons (Fsp3) is 0.500. The number of hydrogen-bond donors (Lipinski definition) is 1. The highest BCUT2D eigenvalue weighted by molar-refractivity contribution is 5.48. The first-order valence-corrected chi connectivity index (χ1v) is 5.99. The van der Waals surface area contributed by atoms with E-state index in [9.17, 15) is 10.1 Å². The molecule has 0 atom stereocenters. The number of ether oxygens (including phenoxy) is 1. The van der Waals surface area contributed by atoms with Crippen molar-refractivity contribution in [2.45, 2.75) is 27.2 Å². The van der Waals surface area contributed by atoms with Crippen molar-refractivity contribution in [2.75, 3.05) is 18.5 Å². The van der Waals surface area contributed by atoms with Crippen LogP contribution in [0.2, 0.25) is 0 Å². The Kier molecular flexibility index (Phi) is 5.23. The maximum Gasteiger partial charge on any atom is 0.352 e. The predicted molar refractivity (Wildman–Crippen MR) is 72.5 cm³/mol. The molecule has 0 amide bonds. The quantitative estimate of drug-likeness (QED) is 0.463. The summed E-state index contributed by atoms with van der Waals surface area (Å²) in [6.07, 6.45) is 0.622. The smallest absolute Gasteiger partial charge is 0.352 e. The molecule has 19 heavy (non-hydrogen) atoms. The highest BCUT2D eigenvalue weighted by atomic mass is 16.6. The molecule has 104 valence electrons. The van der Waals surface area contributed by atoms with Crippen LogP contribution in [0.5, 0.6) is 5.88 Å². The lowest BCUT2D eigenvalue weighted by Crippen LogP contribution is -2.09. The number of aryl methyl sites for hydroxylation is 1. The van der Waals surface area contributed by atoms with Gasteiger partial charge >= 0.3 is 5.69 Å². The molecule has 7 nitrogen and oxygen atoms in total. The molecule has 0 aliphatic carbocycles. The molecule has 0 aliphatic rings. The van der Waals surface area contributed by atoms with Crippen LogP contribution in [-0.2, 0) is 0 Å². The summed E-state index contributed by atoms with van der Waals surface area (Å²) in [4.78, 5) is 18.5. The number of hydrogen-bond acceptors (Lipinski definition) is 6. The summed E-state index contributed by atoms with van der Waals surface area (Å²) < 4.78 is 5.38. The molecule has 0 radical (unpaired) electrons. The Hall–Kier alpha value is -2.18. The molecule has 0 fully saturated rings. The lowest BCUT2D eigenvalue weighted by Gasteiger charge is -2.09. The van der Waals surface area contributed by atoms with Gasteiger partial charge in [0, 0.05) is 13.0 Å². The van der Waals surface area contributed by atoms with E-state index in [0.29, 0.717) is 25.5 Å². The third-order valence-electron chi connectivity index (χ3n) is 2.31. The van der Waals surface area contributed by atoms with Gasteiger partial charge in [0.15, 0.2) is 0 Å². The molecule has 1 N–H and O–H groups in total. The van der Waals surface area contributed by atoms with Gasteiger partial charge in [0.25, 0.3) is 5.88 Å². The normalized spacial score (nSPS) is 10.1. The van der Waals surface area contributed by atoms with Crippen molar-refractivity contribution < 1.29 is 9.66 Å². The number of nitro groups is 1. The van der Waals surface area contributed by atoms with E-state index in [1.54, 1.807) is 6.92 Å². The second-order valence-electron chi connectivity index (χ2n) is 4.13. The van der Waals surface area contributed by atoms with Gasteiger partial charge in [-0.1, -0.05) is 5.57 Å². The predicted octanol–water partition coefficient (Wildman–Crippen LogP) is 2.47. The monoisotopic (exact) mass is 266 g/mol. The lowest BCUT2D eigenvalue weighted by molar-refractivity contribution is -0.387. The molecule has 0 saturated carbocycles. The summed E-state index contributed by atoms with van der Waals surface area (Å²) >= 11 is 0. The summed E-state index contributed by atoms with van der Waals surface area (Å²) in [5.74, 6) is 0.325.